The average molecular weight is 514 g/mol. The minimum Gasteiger partial charge on any atom is -0.469 e. The molecule has 4 nitrogen and oxygen atoms in total. The quantitative estimate of drug-likeness (QED) is 0.174. The third-order valence-electron chi connectivity index (χ3n) is 6.03. The van der Waals surface area contributed by atoms with Crippen molar-refractivity contribution in [2.24, 2.45) is 11.8 Å². The van der Waals surface area contributed by atoms with Gasteiger partial charge in [-0.2, -0.15) is 0 Å². The van der Waals surface area contributed by atoms with E-state index in [1.165, 1.54) is 7.11 Å². The monoisotopic (exact) mass is 514 g/mol. The predicted molar refractivity (Wildman–Crippen MR) is 113 cm³/mol. The first-order valence-electron chi connectivity index (χ1n) is 10.5. The number of carbonyl (C=O) groups is 1. The standard InChI is InChI=1S/C21H33F2IO4/c1-3-4-5-8-16(25)21(23)20(22)13-10-11-17-14(13)12-18(28-17)15(24)7-6-9-19(26)27-2/h13-18,25H,3-12H2,1-2H3/t13-,14+,15?,16?,17?,18?/m0/s1. The molecule has 1 heterocycles. The fourth-order valence-electron chi connectivity index (χ4n) is 4.39. The zero-order valence-electron chi connectivity index (χ0n) is 16.8. The van der Waals surface area contributed by atoms with Gasteiger partial charge in [-0.05, 0) is 44.4 Å². The van der Waals surface area contributed by atoms with E-state index in [-0.39, 0.29) is 34.4 Å². The molecule has 1 aliphatic heterocycles. The van der Waals surface area contributed by atoms with Crippen LogP contribution in [0.1, 0.15) is 71.1 Å². The van der Waals surface area contributed by atoms with Crippen LogP contribution in [0.3, 0.4) is 0 Å². The average Bonchev–Trinajstić information content (AvgIpc) is 3.27. The highest BCUT2D eigenvalue weighted by Crippen LogP contribution is 2.49. The van der Waals surface area contributed by atoms with Crippen LogP contribution in [0.4, 0.5) is 8.78 Å². The second-order valence-electron chi connectivity index (χ2n) is 7.99. The van der Waals surface area contributed by atoms with Crippen molar-refractivity contribution < 1.29 is 28.2 Å². The Kier molecular flexibility index (Phi) is 10.1. The molecule has 1 N–H and O–H groups in total. The molecule has 2 fully saturated rings. The van der Waals surface area contributed by atoms with E-state index < -0.39 is 23.7 Å². The summed E-state index contributed by atoms with van der Waals surface area (Å²) < 4.78 is 40.2. The van der Waals surface area contributed by atoms with Crippen molar-refractivity contribution in [2.75, 3.05) is 7.11 Å². The molecule has 0 radical (unpaired) electrons. The van der Waals surface area contributed by atoms with Crippen LogP contribution >= 0.6 is 22.6 Å². The van der Waals surface area contributed by atoms with E-state index in [1.54, 1.807) is 0 Å². The van der Waals surface area contributed by atoms with Crippen molar-refractivity contribution in [3.8, 4) is 0 Å². The number of esters is 1. The van der Waals surface area contributed by atoms with Gasteiger partial charge in [0.05, 0.1) is 19.3 Å². The first kappa shape index (κ1) is 24.0. The van der Waals surface area contributed by atoms with Gasteiger partial charge in [-0.15, -0.1) is 0 Å². The van der Waals surface area contributed by atoms with E-state index in [1.807, 2.05) is 6.92 Å². The van der Waals surface area contributed by atoms with Crippen molar-refractivity contribution in [1.29, 1.82) is 0 Å². The van der Waals surface area contributed by atoms with Crippen molar-refractivity contribution in [3.63, 3.8) is 0 Å². The Labute approximate surface area is 180 Å². The van der Waals surface area contributed by atoms with Gasteiger partial charge in [0.2, 0.25) is 0 Å². The van der Waals surface area contributed by atoms with Crippen LogP contribution in [0.25, 0.3) is 0 Å². The number of ether oxygens (including phenoxy) is 2. The van der Waals surface area contributed by atoms with Gasteiger partial charge in [0.25, 0.3) is 0 Å². The van der Waals surface area contributed by atoms with Crippen LogP contribution in [0, 0.1) is 11.8 Å². The van der Waals surface area contributed by atoms with Gasteiger partial charge in [-0.25, -0.2) is 8.78 Å². The molecule has 7 heteroatoms. The van der Waals surface area contributed by atoms with Crippen LogP contribution in [0.2, 0.25) is 0 Å². The lowest BCUT2D eigenvalue weighted by atomic mass is 9.88. The van der Waals surface area contributed by atoms with Gasteiger partial charge in [0.1, 0.15) is 11.9 Å². The summed E-state index contributed by atoms with van der Waals surface area (Å²) in [5.41, 5.74) is 0. The summed E-state index contributed by atoms with van der Waals surface area (Å²) in [5.74, 6) is -2.48. The SMILES string of the molecule is CCCCCC(O)C(F)=C(F)[C@H]1CCC2OC(C(I)CCCC(=O)OC)C[C@@H]21. The molecular weight excluding hydrogens is 481 g/mol. The predicted octanol–water partition coefficient (Wildman–Crippen LogP) is 5.41. The van der Waals surface area contributed by atoms with Crippen LogP contribution in [0.5, 0.6) is 0 Å². The van der Waals surface area contributed by atoms with E-state index in [0.29, 0.717) is 25.7 Å². The Bertz CT molecular complexity index is 542. The van der Waals surface area contributed by atoms with E-state index in [0.717, 1.165) is 32.1 Å². The summed E-state index contributed by atoms with van der Waals surface area (Å²) in [6.45, 7) is 2.03. The number of fused-ring (bicyclic) bond motifs is 1. The van der Waals surface area contributed by atoms with Gasteiger partial charge in [0.15, 0.2) is 5.83 Å². The van der Waals surface area contributed by atoms with Gasteiger partial charge < -0.3 is 14.6 Å². The first-order chi connectivity index (χ1) is 13.4. The van der Waals surface area contributed by atoms with E-state index >= 15 is 0 Å². The third kappa shape index (κ3) is 6.36. The molecule has 6 atom stereocenters. The number of unbranched alkanes of at least 4 members (excludes halogenated alkanes) is 2. The lowest BCUT2D eigenvalue weighted by Crippen LogP contribution is -2.22. The molecule has 1 saturated carbocycles. The van der Waals surface area contributed by atoms with Crippen LogP contribution in [-0.4, -0.2) is 40.4 Å². The largest absolute Gasteiger partial charge is 0.469 e. The van der Waals surface area contributed by atoms with Gasteiger partial charge in [-0.3, -0.25) is 4.79 Å². The molecule has 0 aromatic carbocycles. The fourth-order valence-corrected chi connectivity index (χ4v) is 5.30. The summed E-state index contributed by atoms with van der Waals surface area (Å²) in [6.07, 6.45) is 5.41. The molecule has 0 spiro atoms. The van der Waals surface area contributed by atoms with Crippen molar-refractivity contribution in [3.05, 3.63) is 11.7 Å². The number of methoxy groups -OCH3 is 1. The number of halogens is 3. The number of aliphatic hydroxyl groups excluding tert-OH is 1. The Morgan fingerprint density at radius 1 is 1.25 bits per heavy atom. The van der Waals surface area contributed by atoms with E-state index in [2.05, 4.69) is 27.3 Å². The summed E-state index contributed by atoms with van der Waals surface area (Å²) >= 11 is 2.33. The Morgan fingerprint density at radius 2 is 2.00 bits per heavy atom. The first-order valence-corrected chi connectivity index (χ1v) is 11.7. The Hall–Kier alpha value is -0.280. The number of carbonyl (C=O) groups excluding carboxylic acids is 1. The topological polar surface area (TPSA) is 55.8 Å². The molecule has 1 saturated heterocycles. The Balaban J connectivity index is 1.89. The molecule has 2 aliphatic rings. The summed E-state index contributed by atoms with van der Waals surface area (Å²) in [7, 11) is 1.38. The number of allylic oxidation sites excluding steroid dienone is 1. The maximum absolute atomic E-state index is 14.8. The molecule has 0 bridgehead atoms. The second-order valence-corrected chi connectivity index (χ2v) is 9.59. The van der Waals surface area contributed by atoms with Crippen LogP contribution in [-0.2, 0) is 14.3 Å². The number of hydrogen-bond acceptors (Lipinski definition) is 4. The lowest BCUT2D eigenvalue weighted by molar-refractivity contribution is -0.140. The van der Waals surface area contributed by atoms with Crippen molar-refractivity contribution in [2.45, 2.75) is 93.4 Å². The summed E-state index contributed by atoms with van der Waals surface area (Å²) in [6, 6.07) is 0. The summed E-state index contributed by atoms with van der Waals surface area (Å²) in [5, 5.41) is 9.97. The normalized spacial score (nSPS) is 29.9. The highest BCUT2D eigenvalue weighted by molar-refractivity contribution is 14.1. The van der Waals surface area contributed by atoms with Crippen molar-refractivity contribution in [1.82, 2.24) is 0 Å². The fraction of sp³-hybridized carbons (Fsp3) is 0.857. The van der Waals surface area contributed by atoms with Gasteiger partial charge >= 0.3 is 5.97 Å². The summed E-state index contributed by atoms with van der Waals surface area (Å²) in [4.78, 5) is 11.2. The maximum atomic E-state index is 14.8. The van der Waals surface area contributed by atoms with E-state index in [4.69, 9.17) is 4.74 Å². The number of rotatable bonds is 11. The minimum absolute atomic E-state index is 0.00128. The van der Waals surface area contributed by atoms with Crippen molar-refractivity contribution >= 4 is 28.6 Å². The molecule has 0 aromatic heterocycles. The molecule has 2 rings (SSSR count). The van der Waals surface area contributed by atoms with Gasteiger partial charge in [0, 0.05) is 16.3 Å². The Morgan fingerprint density at radius 3 is 2.68 bits per heavy atom. The third-order valence-corrected chi connectivity index (χ3v) is 7.45. The highest BCUT2D eigenvalue weighted by atomic mass is 127. The molecule has 4 unspecified atom stereocenters. The maximum Gasteiger partial charge on any atom is 0.305 e. The molecule has 0 amide bonds. The second kappa shape index (κ2) is 11.8. The zero-order valence-corrected chi connectivity index (χ0v) is 19.0. The van der Waals surface area contributed by atoms with Crippen LogP contribution < -0.4 is 0 Å². The van der Waals surface area contributed by atoms with Crippen LogP contribution in [0.15, 0.2) is 11.7 Å². The number of aliphatic hydroxyl groups is 1. The molecular formula is C21H33F2IO4. The minimum atomic E-state index is -1.33. The molecule has 0 aromatic rings. The van der Waals surface area contributed by atoms with Gasteiger partial charge in [-0.1, -0.05) is 48.8 Å². The molecule has 162 valence electrons. The highest BCUT2D eigenvalue weighted by Gasteiger charge is 2.48. The smallest absolute Gasteiger partial charge is 0.305 e. The number of alkyl halides is 1. The number of hydrogen-bond donors (Lipinski definition) is 1. The van der Waals surface area contributed by atoms with E-state index in [9.17, 15) is 18.7 Å². The molecule has 1 aliphatic carbocycles. The zero-order chi connectivity index (χ0) is 20.7. The molecule has 28 heavy (non-hydrogen) atoms. The lowest BCUT2D eigenvalue weighted by Gasteiger charge is -2.20.